The van der Waals surface area contributed by atoms with Crippen LogP contribution in [0, 0.1) is 0 Å². The molecule has 0 amide bonds. The number of hydrogen-bond acceptors (Lipinski definition) is 0. The molecule has 0 fully saturated rings. The summed E-state index contributed by atoms with van der Waals surface area (Å²) in [6.07, 6.45) is 0. The molecule has 0 heterocycles. The van der Waals surface area contributed by atoms with Gasteiger partial charge in [0, 0.05) is 42.2 Å². The van der Waals surface area contributed by atoms with Crippen LogP contribution >= 0.6 is 27.0 Å². The maximum absolute atomic E-state index is 0. The molecule has 30 valence electrons. The predicted octanol–water partition coefficient (Wildman–Crippen LogP) is -0.158. The molecule has 4 radical (unpaired) electrons. The van der Waals surface area contributed by atoms with E-state index in [0.717, 1.165) is 0 Å². The van der Waals surface area contributed by atoms with E-state index < -0.39 is 0 Å². The van der Waals surface area contributed by atoms with Gasteiger partial charge in [-0.25, -0.2) is 0 Å². The van der Waals surface area contributed by atoms with Gasteiger partial charge in [0.05, 0.1) is 0 Å². The predicted molar refractivity (Wildman–Crippen MR) is 26.5 cm³/mol. The topological polar surface area (TPSA) is 0 Å². The average Bonchev–Trinajstić information content (AvgIpc) is 0. The molecule has 0 aliphatic rings. The molecule has 0 atom stereocenters. The van der Waals surface area contributed by atoms with Crippen molar-refractivity contribution in [1.82, 2.24) is 0 Å². The Hall–Kier alpha value is 2.08. The fraction of sp³-hybridized carbons (Fsp3) is 0. The molecule has 0 N–H and O–H groups in total. The van der Waals surface area contributed by atoms with Gasteiger partial charge in [-0.2, -0.15) is 27.0 Å². The molecule has 4 heavy (non-hydrogen) atoms. The van der Waals surface area contributed by atoms with Crippen molar-refractivity contribution in [3.05, 3.63) is 0 Å². The van der Waals surface area contributed by atoms with Gasteiger partial charge in [-0.1, -0.05) is 0 Å². The van der Waals surface area contributed by atoms with Crippen LogP contribution in [0.25, 0.3) is 0 Å². The Morgan fingerprint density at radius 3 is 0.750 bits per heavy atom. The average molecular weight is 246 g/mol. The van der Waals surface area contributed by atoms with Gasteiger partial charge in [-0.15, -0.1) is 0 Å². The molecular formula is H4AgGaS2. The van der Waals surface area contributed by atoms with Crippen molar-refractivity contribution in [3.8, 4) is 0 Å². The van der Waals surface area contributed by atoms with E-state index in [1.807, 2.05) is 0 Å². The zero-order valence-electron chi connectivity index (χ0n) is 1.88. The standard InChI is InChI=1S/Ag.Ga.2H2S/h;;2*1H2. The number of hydrogen-bond donors (Lipinski definition) is 0. The second kappa shape index (κ2) is 19.6. The van der Waals surface area contributed by atoms with Crippen LogP contribution in [0.4, 0.5) is 0 Å². The second-order valence-electron chi connectivity index (χ2n) is 0. The smallest absolute Gasteiger partial charge is 0 e. The Kier molecular flexibility index (Phi) is 178. The van der Waals surface area contributed by atoms with Crippen LogP contribution in [-0.2, 0) is 22.4 Å². The normalized spacial score (nSPS) is 0. The summed E-state index contributed by atoms with van der Waals surface area (Å²) in [7, 11) is 0. The third-order valence-corrected chi connectivity index (χ3v) is 0. The Morgan fingerprint density at radius 2 is 0.750 bits per heavy atom. The van der Waals surface area contributed by atoms with Crippen molar-refractivity contribution in [2.24, 2.45) is 0 Å². The first-order valence-corrected chi connectivity index (χ1v) is 0. The van der Waals surface area contributed by atoms with E-state index in [9.17, 15) is 0 Å². The first kappa shape index (κ1) is 36.3. The minimum Gasteiger partial charge on any atom is -0.197 e. The fourth-order valence-corrected chi connectivity index (χ4v) is 0. The van der Waals surface area contributed by atoms with Crippen molar-refractivity contribution < 1.29 is 22.4 Å². The molecule has 0 aromatic carbocycles. The maximum atomic E-state index is 0. The first-order chi connectivity index (χ1) is 0. The zero-order valence-corrected chi connectivity index (χ0v) is 7.78. The molecular weight excluding hydrogens is 242 g/mol. The summed E-state index contributed by atoms with van der Waals surface area (Å²) in [6.45, 7) is 0. The van der Waals surface area contributed by atoms with Gasteiger partial charge in [-0.3, -0.25) is 0 Å². The van der Waals surface area contributed by atoms with Crippen molar-refractivity contribution in [3.63, 3.8) is 0 Å². The molecule has 0 aliphatic carbocycles. The molecule has 0 spiro atoms. The summed E-state index contributed by atoms with van der Waals surface area (Å²) in [5.41, 5.74) is 0. The Balaban J connectivity index is 0. The Morgan fingerprint density at radius 1 is 0.750 bits per heavy atom. The van der Waals surface area contributed by atoms with Gasteiger partial charge in [0.1, 0.15) is 0 Å². The van der Waals surface area contributed by atoms with Crippen molar-refractivity contribution in [1.29, 1.82) is 0 Å². The third kappa shape index (κ3) is 8.95. The van der Waals surface area contributed by atoms with E-state index in [4.69, 9.17) is 0 Å². The van der Waals surface area contributed by atoms with Crippen LogP contribution in [0.3, 0.4) is 0 Å². The molecule has 0 saturated carbocycles. The Labute approximate surface area is 68.6 Å². The van der Waals surface area contributed by atoms with Gasteiger partial charge in [0.15, 0.2) is 0 Å². The molecule has 0 bridgehead atoms. The van der Waals surface area contributed by atoms with Gasteiger partial charge < -0.3 is 0 Å². The molecule has 0 saturated heterocycles. The van der Waals surface area contributed by atoms with Crippen molar-refractivity contribution in [2.75, 3.05) is 0 Å². The molecule has 0 nitrogen and oxygen atoms in total. The summed E-state index contributed by atoms with van der Waals surface area (Å²) < 4.78 is 0. The molecule has 0 aliphatic heterocycles. The van der Waals surface area contributed by atoms with Crippen LogP contribution in [0.1, 0.15) is 0 Å². The molecule has 4 heteroatoms. The molecule has 0 aromatic rings. The van der Waals surface area contributed by atoms with Crippen LogP contribution in [-0.4, -0.2) is 19.8 Å². The van der Waals surface area contributed by atoms with E-state index in [1.54, 1.807) is 0 Å². The zero-order chi connectivity index (χ0) is 0. The van der Waals surface area contributed by atoms with Gasteiger partial charge in [0.25, 0.3) is 0 Å². The summed E-state index contributed by atoms with van der Waals surface area (Å²) >= 11 is 0. The van der Waals surface area contributed by atoms with Crippen LogP contribution in [0.15, 0.2) is 0 Å². The molecule has 0 unspecified atom stereocenters. The quantitative estimate of drug-likeness (QED) is 0.521. The second-order valence-corrected chi connectivity index (χ2v) is 0. The third-order valence-electron chi connectivity index (χ3n) is 0. The van der Waals surface area contributed by atoms with E-state index in [1.165, 1.54) is 0 Å². The SMILES string of the molecule is S.S.[Ag].[Ga]. The van der Waals surface area contributed by atoms with Gasteiger partial charge in [0.2, 0.25) is 0 Å². The van der Waals surface area contributed by atoms with E-state index >= 15 is 0 Å². The summed E-state index contributed by atoms with van der Waals surface area (Å²) in [6, 6.07) is 0. The van der Waals surface area contributed by atoms with Crippen molar-refractivity contribution in [2.45, 2.75) is 0 Å². The van der Waals surface area contributed by atoms with Crippen LogP contribution in [0.5, 0.6) is 0 Å². The molecule has 0 rings (SSSR count). The minimum absolute atomic E-state index is 0. The molecule has 0 aromatic heterocycles. The first-order valence-electron chi connectivity index (χ1n) is 0. The van der Waals surface area contributed by atoms with E-state index in [0.29, 0.717) is 0 Å². The van der Waals surface area contributed by atoms with E-state index in [2.05, 4.69) is 0 Å². The van der Waals surface area contributed by atoms with Gasteiger partial charge in [-0.05, 0) is 0 Å². The monoisotopic (exact) mass is 244 g/mol. The van der Waals surface area contributed by atoms with Crippen LogP contribution in [0.2, 0.25) is 0 Å². The summed E-state index contributed by atoms with van der Waals surface area (Å²) in [5, 5.41) is 0. The minimum atomic E-state index is 0. The number of rotatable bonds is 0. The summed E-state index contributed by atoms with van der Waals surface area (Å²) in [5.74, 6) is 0. The van der Waals surface area contributed by atoms with Crippen molar-refractivity contribution >= 4 is 46.8 Å². The largest absolute Gasteiger partial charge is 0.197 e. The fourth-order valence-electron chi connectivity index (χ4n) is 0. The Bertz CT molecular complexity index is 6.00. The van der Waals surface area contributed by atoms with E-state index in [-0.39, 0.29) is 69.2 Å². The maximum Gasteiger partial charge on any atom is 0 e. The van der Waals surface area contributed by atoms with Gasteiger partial charge >= 0.3 is 0 Å². The summed E-state index contributed by atoms with van der Waals surface area (Å²) in [4.78, 5) is 0. The van der Waals surface area contributed by atoms with Crippen LogP contribution < -0.4 is 0 Å².